The van der Waals surface area contributed by atoms with E-state index in [1.807, 2.05) is 14.0 Å². The van der Waals surface area contributed by atoms with E-state index >= 15 is 0 Å². The van der Waals surface area contributed by atoms with E-state index in [0.717, 1.165) is 17.9 Å². The summed E-state index contributed by atoms with van der Waals surface area (Å²) in [6.07, 6.45) is 7.23. The van der Waals surface area contributed by atoms with Crippen LogP contribution in [0.5, 0.6) is 0 Å². The van der Waals surface area contributed by atoms with Crippen LogP contribution < -0.4 is 5.73 Å². The lowest BCUT2D eigenvalue weighted by Crippen LogP contribution is -2.00. The third kappa shape index (κ3) is 1.43. The Morgan fingerprint density at radius 1 is 1.43 bits per heavy atom. The lowest BCUT2D eigenvalue weighted by molar-refractivity contribution is 0.742. The summed E-state index contributed by atoms with van der Waals surface area (Å²) >= 11 is 0. The highest BCUT2D eigenvalue weighted by Gasteiger charge is 2.15. The number of nitrogens with two attached hydrogens (primary N) is 1. The van der Waals surface area contributed by atoms with Gasteiger partial charge in [0, 0.05) is 12.6 Å². The third-order valence-corrected chi connectivity index (χ3v) is 2.88. The summed E-state index contributed by atoms with van der Waals surface area (Å²) in [4.78, 5) is 0. The molecule has 1 aliphatic rings. The molecule has 0 radical (unpaired) electrons. The van der Waals surface area contributed by atoms with Gasteiger partial charge in [-0.15, -0.1) is 0 Å². The summed E-state index contributed by atoms with van der Waals surface area (Å²) in [7, 11) is 1.90. The minimum Gasteiger partial charge on any atom is -0.383 e. The number of aryl methyl sites for hydroxylation is 2. The van der Waals surface area contributed by atoms with Crippen molar-refractivity contribution in [3.8, 4) is 0 Å². The summed E-state index contributed by atoms with van der Waals surface area (Å²) in [5.41, 5.74) is 9.61. The van der Waals surface area contributed by atoms with Gasteiger partial charge in [0.1, 0.15) is 5.82 Å². The molecule has 0 saturated carbocycles. The second kappa shape index (κ2) is 3.48. The van der Waals surface area contributed by atoms with E-state index in [1.165, 1.54) is 30.4 Å². The highest BCUT2D eigenvalue weighted by molar-refractivity contribution is 5.75. The van der Waals surface area contributed by atoms with Crippen LogP contribution in [0.25, 0.3) is 5.57 Å². The monoisotopic (exact) mass is 191 g/mol. The van der Waals surface area contributed by atoms with Gasteiger partial charge in [-0.25, -0.2) is 0 Å². The summed E-state index contributed by atoms with van der Waals surface area (Å²) < 4.78 is 1.76. The molecule has 1 aliphatic carbocycles. The summed E-state index contributed by atoms with van der Waals surface area (Å²) in [6, 6.07) is 0. The van der Waals surface area contributed by atoms with Gasteiger partial charge in [0.05, 0.1) is 5.69 Å². The third-order valence-electron chi connectivity index (χ3n) is 2.88. The second-order valence-corrected chi connectivity index (χ2v) is 3.94. The van der Waals surface area contributed by atoms with E-state index in [0.29, 0.717) is 0 Å². The molecular formula is C11H17N3. The molecule has 0 atom stereocenters. The van der Waals surface area contributed by atoms with Crippen molar-refractivity contribution in [2.75, 3.05) is 5.73 Å². The van der Waals surface area contributed by atoms with Crippen molar-refractivity contribution in [3.63, 3.8) is 0 Å². The molecule has 14 heavy (non-hydrogen) atoms. The van der Waals surface area contributed by atoms with Crippen molar-refractivity contribution in [3.05, 3.63) is 17.3 Å². The van der Waals surface area contributed by atoms with Gasteiger partial charge in [-0.05, 0) is 38.2 Å². The minimum absolute atomic E-state index is 0.802. The van der Waals surface area contributed by atoms with Gasteiger partial charge in [-0.3, -0.25) is 4.68 Å². The molecule has 0 fully saturated rings. The van der Waals surface area contributed by atoms with Crippen molar-refractivity contribution < 1.29 is 0 Å². The number of anilines is 1. The van der Waals surface area contributed by atoms with E-state index in [-0.39, 0.29) is 0 Å². The molecule has 0 saturated heterocycles. The zero-order valence-corrected chi connectivity index (χ0v) is 8.88. The summed E-state index contributed by atoms with van der Waals surface area (Å²) in [5.74, 6) is 0.802. The molecule has 1 heterocycles. The van der Waals surface area contributed by atoms with Gasteiger partial charge in [0.15, 0.2) is 0 Å². The van der Waals surface area contributed by atoms with Crippen LogP contribution in [-0.4, -0.2) is 9.78 Å². The van der Waals surface area contributed by atoms with Crippen molar-refractivity contribution in [1.82, 2.24) is 9.78 Å². The molecular weight excluding hydrogens is 174 g/mol. The molecule has 0 aromatic carbocycles. The first-order valence-electron chi connectivity index (χ1n) is 5.18. The Morgan fingerprint density at radius 3 is 2.71 bits per heavy atom. The Labute approximate surface area is 84.6 Å². The average Bonchev–Trinajstić information content (AvgIpc) is 2.43. The Bertz CT molecular complexity index is 374. The molecule has 0 amide bonds. The van der Waals surface area contributed by atoms with Gasteiger partial charge in [0.25, 0.3) is 0 Å². The van der Waals surface area contributed by atoms with Crippen LogP contribution >= 0.6 is 0 Å². The molecule has 2 N–H and O–H groups in total. The molecule has 3 nitrogen and oxygen atoms in total. The molecule has 0 bridgehead atoms. The highest BCUT2D eigenvalue weighted by atomic mass is 15.3. The Kier molecular flexibility index (Phi) is 2.32. The number of hydrogen-bond donors (Lipinski definition) is 1. The topological polar surface area (TPSA) is 43.8 Å². The standard InChI is InChI=1S/C11H17N3/c1-8-10(11(12)14(2)13-8)9-6-4-3-5-7-9/h6H,3-5,7,12H2,1-2H3. The SMILES string of the molecule is Cc1nn(C)c(N)c1C1=CCCCC1. The van der Waals surface area contributed by atoms with Gasteiger partial charge >= 0.3 is 0 Å². The molecule has 0 aliphatic heterocycles. The lowest BCUT2D eigenvalue weighted by atomic mass is 9.93. The fourth-order valence-electron chi connectivity index (χ4n) is 2.14. The van der Waals surface area contributed by atoms with Crippen molar-refractivity contribution in [1.29, 1.82) is 0 Å². The molecule has 3 heteroatoms. The number of allylic oxidation sites excluding steroid dienone is 2. The lowest BCUT2D eigenvalue weighted by Gasteiger charge is -2.12. The highest BCUT2D eigenvalue weighted by Crippen LogP contribution is 2.31. The van der Waals surface area contributed by atoms with Crippen LogP contribution in [0.1, 0.15) is 36.9 Å². The van der Waals surface area contributed by atoms with E-state index < -0.39 is 0 Å². The Balaban J connectivity index is 2.44. The first kappa shape index (κ1) is 9.31. The Morgan fingerprint density at radius 2 is 2.21 bits per heavy atom. The first-order chi connectivity index (χ1) is 6.70. The quantitative estimate of drug-likeness (QED) is 0.740. The smallest absolute Gasteiger partial charge is 0.129 e. The van der Waals surface area contributed by atoms with E-state index in [1.54, 1.807) is 4.68 Å². The zero-order chi connectivity index (χ0) is 10.1. The predicted octanol–water partition coefficient (Wildman–Crippen LogP) is 2.27. The normalized spacial score (nSPS) is 16.9. The van der Waals surface area contributed by atoms with Crippen LogP contribution in [0, 0.1) is 6.92 Å². The average molecular weight is 191 g/mol. The summed E-state index contributed by atoms with van der Waals surface area (Å²) in [6.45, 7) is 2.03. The number of nitrogen functional groups attached to an aromatic ring is 1. The van der Waals surface area contributed by atoms with Crippen molar-refractivity contribution >= 4 is 11.4 Å². The van der Waals surface area contributed by atoms with Crippen molar-refractivity contribution in [2.24, 2.45) is 7.05 Å². The fraction of sp³-hybridized carbons (Fsp3) is 0.545. The first-order valence-corrected chi connectivity index (χ1v) is 5.18. The number of rotatable bonds is 1. The molecule has 1 aromatic rings. The number of hydrogen-bond acceptors (Lipinski definition) is 2. The van der Waals surface area contributed by atoms with Crippen LogP contribution in [0.15, 0.2) is 6.08 Å². The largest absolute Gasteiger partial charge is 0.383 e. The van der Waals surface area contributed by atoms with E-state index in [4.69, 9.17) is 5.73 Å². The molecule has 76 valence electrons. The maximum atomic E-state index is 5.99. The number of nitrogens with zero attached hydrogens (tertiary/aromatic N) is 2. The maximum absolute atomic E-state index is 5.99. The zero-order valence-electron chi connectivity index (χ0n) is 8.88. The number of aromatic nitrogens is 2. The maximum Gasteiger partial charge on any atom is 0.129 e. The van der Waals surface area contributed by atoms with E-state index in [9.17, 15) is 0 Å². The van der Waals surface area contributed by atoms with Gasteiger partial charge in [-0.2, -0.15) is 5.10 Å². The second-order valence-electron chi connectivity index (χ2n) is 3.94. The Hall–Kier alpha value is -1.25. The fourth-order valence-corrected chi connectivity index (χ4v) is 2.14. The van der Waals surface area contributed by atoms with Crippen LogP contribution in [0.4, 0.5) is 5.82 Å². The van der Waals surface area contributed by atoms with Crippen LogP contribution in [0.3, 0.4) is 0 Å². The van der Waals surface area contributed by atoms with E-state index in [2.05, 4.69) is 11.2 Å². The van der Waals surface area contributed by atoms with Gasteiger partial charge in [0.2, 0.25) is 0 Å². The molecule has 0 unspecified atom stereocenters. The predicted molar refractivity (Wildman–Crippen MR) is 58.8 cm³/mol. The van der Waals surface area contributed by atoms with Crippen LogP contribution in [-0.2, 0) is 7.05 Å². The molecule has 2 rings (SSSR count). The molecule has 1 aromatic heterocycles. The summed E-state index contributed by atoms with van der Waals surface area (Å²) in [5, 5.41) is 4.34. The van der Waals surface area contributed by atoms with Crippen molar-refractivity contribution in [2.45, 2.75) is 32.6 Å². The van der Waals surface area contributed by atoms with Gasteiger partial charge < -0.3 is 5.73 Å². The van der Waals surface area contributed by atoms with Crippen LogP contribution in [0.2, 0.25) is 0 Å². The minimum atomic E-state index is 0.802. The van der Waals surface area contributed by atoms with Gasteiger partial charge in [-0.1, -0.05) is 6.08 Å². The molecule has 0 spiro atoms.